The Bertz CT molecular complexity index is 420. The Labute approximate surface area is 83.5 Å². The van der Waals surface area contributed by atoms with E-state index in [2.05, 4.69) is 10.1 Å². The first-order valence-electron chi connectivity index (χ1n) is 4.16. The van der Waals surface area contributed by atoms with E-state index in [0.29, 0.717) is 5.69 Å². The highest BCUT2D eigenvalue weighted by Gasteiger charge is 2.36. The van der Waals surface area contributed by atoms with Crippen molar-refractivity contribution in [1.29, 1.82) is 0 Å². The number of alkyl halides is 2. The van der Waals surface area contributed by atoms with Gasteiger partial charge in [-0.3, -0.25) is 0 Å². The monoisotopic (exact) mass is 215 g/mol. The Morgan fingerprint density at radius 1 is 1.53 bits per heavy atom. The summed E-state index contributed by atoms with van der Waals surface area (Å²) in [6.45, 7) is -0.619. The quantitative estimate of drug-likeness (QED) is 0.749. The predicted molar refractivity (Wildman–Crippen MR) is 47.5 cm³/mol. The van der Waals surface area contributed by atoms with Crippen LogP contribution in [0.4, 0.5) is 14.5 Å². The van der Waals surface area contributed by atoms with E-state index in [1.165, 1.54) is 12.1 Å². The molecule has 0 spiro atoms. The maximum atomic E-state index is 12.8. The fraction of sp³-hybridized carbons (Fsp3) is 0.222. The summed E-state index contributed by atoms with van der Waals surface area (Å²) in [5.74, 6) is -1.33. The summed E-state index contributed by atoms with van der Waals surface area (Å²) >= 11 is 0. The molecule has 0 aromatic heterocycles. The number of carboxylic acid groups (broad SMARTS) is 1. The van der Waals surface area contributed by atoms with Crippen molar-refractivity contribution >= 4 is 11.7 Å². The van der Waals surface area contributed by atoms with Crippen molar-refractivity contribution in [2.24, 2.45) is 0 Å². The molecule has 0 saturated carbocycles. The minimum absolute atomic E-state index is 0.0896. The van der Waals surface area contributed by atoms with Gasteiger partial charge in [0.1, 0.15) is 12.3 Å². The van der Waals surface area contributed by atoms with Crippen molar-refractivity contribution in [2.75, 3.05) is 11.9 Å². The molecule has 1 aromatic rings. The molecule has 0 bridgehead atoms. The highest BCUT2D eigenvalue weighted by Crippen LogP contribution is 2.34. The third-order valence-corrected chi connectivity index (χ3v) is 1.97. The normalized spacial score (nSPS) is 17.2. The molecule has 0 atom stereocenters. The molecule has 1 aliphatic rings. The van der Waals surface area contributed by atoms with Crippen LogP contribution in [0.3, 0.4) is 0 Å². The molecule has 0 unspecified atom stereocenters. The number of carboxylic acids is 1. The molecule has 1 aliphatic heterocycles. The number of fused-ring (bicyclic) bond motifs is 1. The number of carbonyl (C=O) groups is 1. The van der Waals surface area contributed by atoms with E-state index in [1.54, 1.807) is 0 Å². The van der Waals surface area contributed by atoms with Crippen LogP contribution in [-0.4, -0.2) is 23.7 Å². The number of benzene rings is 1. The van der Waals surface area contributed by atoms with Crippen molar-refractivity contribution in [2.45, 2.75) is 6.11 Å². The van der Waals surface area contributed by atoms with Gasteiger partial charge in [0.15, 0.2) is 0 Å². The molecule has 1 aromatic carbocycles. The number of rotatable bonds is 1. The number of ether oxygens (including phenoxy) is 1. The zero-order valence-electron chi connectivity index (χ0n) is 7.46. The van der Waals surface area contributed by atoms with Crippen molar-refractivity contribution in [3.8, 4) is 5.75 Å². The van der Waals surface area contributed by atoms with E-state index in [-0.39, 0.29) is 11.3 Å². The molecule has 15 heavy (non-hydrogen) atoms. The maximum absolute atomic E-state index is 12.8. The van der Waals surface area contributed by atoms with Gasteiger partial charge in [0.05, 0.1) is 11.3 Å². The summed E-state index contributed by atoms with van der Waals surface area (Å²) in [6.07, 6.45) is -3.30. The Hall–Kier alpha value is -1.85. The molecule has 0 radical (unpaired) electrons. The summed E-state index contributed by atoms with van der Waals surface area (Å²) in [5.41, 5.74) is 0.277. The average Bonchev–Trinajstić information content (AvgIpc) is 2.15. The lowest BCUT2D eigenvalue weighted by Crippen LogP contribution is -2.37. The van der Waals surface area contributed by atoms with Crippen LogP contribution in [0.25, 0.3) is 0 Å². The second-order valence-electron chi connectivity index (χ2n) is 3.11. The maximum Gasteiger partial charge on any atom is 0.415 e. The van der Waals surface area contributed by atoms with Gasteiger partial charge in [-0.2, -0.15) is 8.78 Å². The zero-order valence-corrected chi connectivity index (χ0v) is 7.46. The number of aromatic carboxylic acids is 1. The molecule has 2 rings (SSSR count). The number of hydrogen-bond acceptors (Lipinski definition) is 3. The van der Waals surface area contributed by atoms with Gasteiger partial charge in [-0.15, -0.1) is 0 Å². The first kappa shape index (κ1) is 9.70. The minimum atomic E-state index is -3.30. The third kappa shape index (κ3) is 1.83. The van der Waals surface area contributed by atoms with Gasteiger partial charge < -0.3 is 15.2 Å². The Morgan fingerprint density at radius 2 is 2.27 bits per heavy atom. The van der Waals surface area contributed by atoms with E-state index in [1.807, 2.05) is 0 Å². The summed E-state index contributed by atoms with van der Waals surface area (Å²) in [6, 6.07) is 3.78. The van der Waals surface area contributed by atoms with E-state index in [4.69, 9.17) is 5.11 Å². The summed E-state index contributed by atoms with van der Waals surface area (Å²) in [7, 11) is 0. The van der Waals surface area contributed by atoms with Crippen molar-refractivity contribution in [3.05, 3.63) is 23.8 Å². The topological polar surface area (TPSA) is 58.6 Å². The van der Waals surface area contributed by atoms with Gasteiger partial charge in [-0.25, -0.2) is 4.79 Å². The van der Waals surface area contributed by atoms with Crippen LogP contribution in [0.2, 0.25) is 0 Å². The standard InChI is InChI=1S/C9H7F2NO3/c10-9(11)4-12-6-2-1-5(8(13)14)3-7(6)15-9/h1-3,12H,4H2,(H,13,14). The van der Waals surface area contributed by atoms with Gasteiger partial charge in [-0.1, -0.05) is 0 Å². The van der Waals surface area contributed by atoms with Crippen molar-refractivity contribution in [3.63, 3.8) is 0 Å². The first-order chi connectivity index (χ1) is 6.98. The number of hydrogen-bond donors (Lipinski definition) is 2. The Balaban J connectivity index is 2.39. The lowest BCUT2D eigenvalue weighted by Gasteiger charge is -2.26. The second-order valence-corrected chi connectivity index (χ2v) is 3.11. The van der Waals surface area contributed by atoms with Gasteiger partial charge >= 0.3 is 12.1 Å². The minimum Gasteiger partial charge on any atom is -0.478 e. The average molecular weight is 215 g/mol. The number of anilines is 1. The van der Waals surface area contributed by atoms with Gasteiger partial charge in [0.2, 0.25) is 0 Å². The van der Waals surface area contributed by atoms with Crippen LogP contribution in [0.1, 0.15) is 10.4 Å². The number of nitrogens with one attached hydrogen (secondary N) is 1. The molecule has 0 aliphatic carbocycles. The van der Waals surface area contributed by atoms with Crippen LogP contribution >= 0.6 is 0 Å². The van der Waals surface area contributed by atoms with E-state index in [9.17, 15) is 13.6 Å². The van der Waals surface area contributed by atoms with Crippen LogP contribution in [0.5, 0.6) is 5.75 Å². The first-order valence-corrected chi connectivity index (χ1v) is 4.16. The Morgan fingerprint density at radius 3 is 2.93 bits per heavy atom. The van der Waals surface area contributed by atoms with Crippen molar-refractivity contribution in [1.82, 2.24) is 0 Å². The predicted octanol–water partition coefficient (Wildman–Crippen LogP) is 1.78. The van der Waals surface area contributed by atoms with Gasteiger partial charge in [0.25, 0.3) is 0 Å². The fourth-order valence-electron chi connectivity index (χ4n) is 1.28. The van der Waals surface area contributed by atoms with Crippen LogP contribution < -0.4 is 10.1 Å². The third-order valence-electron chi connectivity index (χ3n) is 1.97. The molecule has 1 heterocycles. The molecular formula is C9H7F2NO3. The Kier molecular flexibility index (Phi) is 1.99. The van der Waals surface area contributed by atoms with Crippen molar-refractivity contribution < 1.29 is 23.4 Å². The lowest BCUT2D eigenvalue weighted by atomic mass is 10.1. The molecule has 0 saturated heterocycles. The molecule has 6 heteroatoms. The lowest BCUT2D eigenvalue weighted by molar-refractivity contribution is -0.166. The van der Waals surface area contributed by atoms with E-state index < -0.39 is 18.6 Å². The highest BCUT2D eigenvalue weighted by molar-refractivity contribution is 5.89. The van der Waals surface area contributed by atoms with Crippen LogP contribution in [0.15, 0.2) is 18.2 Å². The largest absolute Gasteiger partial charge is 0.478 e. The summed E-state index contributed by atoms with van der Waals surface area (Å²) < 4.78 is 29.9. The van der Waals surface area contributed by atoms with Crippen LogP contribution in [-0.2, 0) is 0 Å². The molecule has 80 valence electrons. The number of halogens is 2. The molecule has 0 amide bonds. The fourth-order valence-corrected chi connectivity index (χ4v) is 1.28. The van der Waals surface area contributed by atoms with Gasteiger partial charge in [0, 0.05) is 0 Å². The second kappa shape index (κ2) is 3.08. The zero-order chi connectivity index (χ0) is 11.1. The molecular weight excluding hydrogens is 208 g/mol. The summed E-state index contributed by atoms with van der Waals surface area (Å²) in [5, 5.41) is 11.1. The highest BCUT2D eigenvalue weighted by atomic mass is 19.3. The SMILES string of the molecule is O=C(O)c1ccc2c(c1)OC(F)(F)CN2. The smallest absolute Gasteiger partial charge is 0.415 e. The van der Waals surface area contributed by atoms with Crippen LogP contribution in [0, 0.1) is 0 Å². The molecule has 4 nitrogen and oxygen atoms in total. The van der Waals surface area contributed by atoms with E-state index in [0.717, 1.165) is 6.07 Å². The molecule has 0 fully saturated rings. The molecule has 2 N–H and O–H groups in total. The van der Waals surface area contributed by atoms with Gasteiger partial charge in [-0.05, 0) is 18.2 Å². The van der Waals surface area contributed by atoms with E-state index >= 15 is 0 Å². The summed E-state index contributed by atoms with van der Waals surface area (Å²) in [4.78, 5) is 10.6.